The molecule has 0 radical (unpaired) electrons. The molecule has 4 rings (SSSR count). The van der Waals surface area contributed by atoms with Crippen molar-refractivity contribution in [1.29, 1.82) is 0 Å². The number of nitrogens with one attached hydrogen (secondary N) is 2. The molecule has 0 aliphatic rings. The third-order valence-electron chi connectivity index (χ3n) is 4.75. The largest absolute Gasteiger partial charge is 0.481 e. The summed E-state index contributed by atoms with van der Waals surface area (Å²) >= 11 is 0. The maximum atomic E-state index is 12.3. The van der Waals surface area contributed by atoms with Gasteiger partial charge in [-0.15, -0.1) is 0 Å². The molecule has 156 valence electrons. The monoisotopic (exact) mass is 414 g/mol. The minimum Gasteiger partial charge on any atom is -0.481 e. The van der Waals surface area contributed by atoms with Crippen LogP contribution in [0.3, 0.4) is 0 Å². The number of ether oxygens (including phenoxy) is 1. The first kappa shape index (κ1) is 20.2. The van der Waals surface area contributed by atoms with Crippen molar-refractivity contribution >= 4 is 22.6 Å². The number of benzene rings is 3. The summed E-state index contributed by atoms with van der Waals surface area (Å²) in [5.74, 6) is -0.207. The van der Waals surface area contributed by atoms with Crippen molar-refractivity contribution in [2.45, 2.75) is 19.4 Å². The summed E-state index contributed by atoms with van der Waals surface area (Å²) in [6.45, 7) is 1.63. The van der Waals surface area contributed by atoms with Gasteiger partial charge in [-0.2, -0.15) is 5.10 Å². The van der Waals surface area contributed by atoms with Crippen LogP contribution >= 0.6 is 0 Å². The average molecular weight is 414 g/mol. The van der Waals surface area contributed by atoms with Crippen LogP contribution in [0, 0.1) is 0 Å². The van der Waals surface area contributed by atoms with Gasteiger partial charge in [-0.3, -0.25) is 20.4 Å². The molecule has 0 spiro atoms. The standard InChI is InChI=1S/C24H22N4O3/c1-17(31-22-12-11-19-7-5-6-8-20(19)14-22)24(30)27-26-23(29)13-18-15-25-28(16-18)21-9-3-2-4-10-21/h2-12,14-17H,13H2,1H3,(H,26,29)(H,27,30)/t17-/m1/s1. The van der Waals surface area contributed by atoms with Crippen LogP contribution in [0.2, 0.25) is 0 Å². The van der Waals surface area contributed by atoms with Gasteiger partial charge in [-0.25, -0.2) is 4.68 Å². The Morgan fingerprint density at radius 2 is 1.71 bits per heavy atom. The molecule has 2 N–H and O–H groups in total. The fourth-order valence-electron chi connectivity index (χ4n) is 3.13. The van der Waals surface area contributed by atoms with Crippen molar-refractivity contribution in [3.63, 3.8) is 0 Å². The van der Waals surface area contributed by atoms with Crippen LogP contribution in [0.4, 0.5) is 0 Å². The lowest BCUT2D eigenvalue weighted by molar-refractivity contribution is -0.132. The second-order valence-corrected chi connectivity index (χ2v) is 7.11. The molecular weight excluding hydrogens is 392 g/mol. The Morgan fingerprint density at radius 1 is 0.968 bits per heavy atom. The molecule has 0 aliphatic heterocycles. The predicted octanol–water partition coefficient (Wildman–Crippen LogP) is 3.18. The lowest BCUT2D eigenvalue weighted by atomic mass is 10.1. The lowest BCUT2D eigenvalue weighted by Gasteiger charge is -2.15. The van der Waals surface area contributed by atoms with Gasteiger partial charge >= 0.3 is 0 Å². The zero-order valence-electron chi connectivity index (χ0n) is 17.0. The molecule has 1 heterocycles. The summed E-state index contributed by atoms with van der Waals surface area (Å²) in [5.41, 5.74) is 6.47. The summed E-state index contributed by atoms with van der Waals surface area (Å²) in [6.07, 6.45) is 2.72. The van der Waals surface area contributed by atoms with Gasteiger partial charge < -0.3 is 4.74 Å². The van der Waals surface area contributed by atoms with E-state index >= 15 is 0 Å². The number of nitrogens with zero attached hydrogens (tertiary/aromatic N) is 2. The van der Waals surface area contributed by atoms with E-state index < -0.39 is 12.0 Å². The zero-order valence-corrected chi connectivity index (χ0v) is 17.0. The average Bonchev–Trinajstić information content (AvgIpc) is 3.26. The number of carbonyl (C=O) groups is 2. The first-order chi connectivity index (χ1) is 15.1. The van der Waals surface area contributed by atoms with Gasteiger partial charge in [0, 0.05) is 6.20 Å². The van der Waals surface area contributed by atoms with E-state index in [0.29, 0.717) is 5.75 Å². The number of hydrazine groups is 1. The quantitative estimate of drug-likeness (QED) is 0.475. The number of aromatic nitrogens is 2. The highest BCUT2D eigenvalue weighted by atomic mass is 16.5. The number of carbonyl (C=O) groups excluding carboxylic acids is 2. The Balaban J connectivity index is 1.27. The maximum absolute atomic E-state index is 12.3. The summed E-state index contributed by atoms with van der Waals surface area (Å²) in [7, 11) is 0. The molecule has 2 amide bonds. The SMILES string of the molecule is C[C@@H](Oc1ccc2ccccc2c1)C(=O)NNC(=O)Cc1cnn(-c2ccccc2)c1. The lowest BCUT2D eigenvalue weighted by Crippen LogP contribution is -2.47. The summed E-state index contributed by atoms with van der Waals surface area (Å²) in [4.78, 5) is 24.5. The molecule has 7 nitrogen and oxygen atoms in total. The van der Waals surface area contributed by atoms with Gasteiger partial charge in [-0.05, 0) is 47.5 Å². The van der Waals surface area contributed by atoms with Crippen molar-refractivity contribution in [3.8, 4) is 11.4 Å². The molecular formula is C24H22N4O3. The Hall–Kier alpha value is -4.13. The fourth-order valence-corrected chi connectivity index (χ4v) is 3.13. The molecule has 0 aliphatic carbocycles. The van der Waals surface area contributed by atoms with Gasteiger partial charge in [-0.1, -0.05) is 48.5 Å². The van der Waals surface area contributed by atoms with Crippen LogP contribution in [0.15, 0.2) is 85.2 Å². The van der Waals surface area contributed by atoms with Gasteiger partial charge in [0.2, 0.25) is 5.91 Å². The van der Waals surface area contributed by atoms with Crippen LogP contribution in [-0.2, 0) is 16.0 Å². The maximum Gasteiger partial charge on any atom is 0.279 e. The summed E-state index contributed by atoms with van der Waals surface area (Å²) in [6, 6.07) is 23.1. The molecule has 3 aromatic carbocycles. The zero-order chi connectivity index (χ0) is 21.6. The molecule has 0 fully saturated rings. The second kappa shape index (κ2) is 9.13. The van der Waals surface area contributed by atoms with E-state index in [2.05, 4.69) is 16.0 Å². The first-order valence-electron chi connectivity index (χ1n) is 9.91. The van der Waals surface area contributed by atoms with Crippen LogP contribution in [0.5, 0.6) is 5.75 Å². The van der Waals surface area contributed by atoms with Gasteiger partial charge in [0.25, 0.3) is 5.91 Å². The highest BCUT2D eigenvalue weighted by Gasteiger charge is 2.16. The molecule has 0 saturated carbocycles. The van der Waals surface area contributed by atoms with Crippen molar-refractivity contribution in [3.05, 3.63) is 90.8 Å². The van der Waals surface area contributed by atoms with Crippen LogP contribution in [0.1, 0.15) is 12.5 Å². The summed E-state index contributed by atoms with van der Waals surface area (Å²) < 4.78 is 7.41. The van der Waals surface area contributed by atoms with E-state index in [-0.39, 0.29) is 12.3 Å². The highest BCUT2D eigenvalue weighted by Crippen LogP contribution is 2.21. The molecule has 31 heavy (non-hydrogen) atoms. The molecule has 4 aromatic rings. The van der Waals surface area contributed by atoms with Crippen molar-refractivity contribution < 1.29 is 14.3 Å². The molecule has 0 saturated heterocycles. The van der Waals surface area contributed by atoms with E-state index in [1.807, 2.05) is 72.8 Å². The van der Waals surface area contributed by atoms with E-state index in [1.165, 1.54) is 0 Å². The van der Waals surface area contributed by atoms with Gasteiger partial charge in [0.05, 0.1) is 18.3 Å². The van der Waals surface area contributed by atoms with Crippen molar-refractivity contribution in [1.82, 2.24) is 20.6 Å². The Kier molecular flexibility index (Phi) is 5.93. The van der Waals surface area contributed by atoms with E-state index in [1.54, 1.807) is 24.0 Å². The van der Waals surface area contributed by atoms with Gasteiger partial charge in [0.15, 0.2) is 6.10 Å². The van der Waals surface area contributed by atoms with Crippen LogP contribution in [-0.4, -0.2) is 27.7 Å². The first-order valence-corrected chi connectivity index (χ1v) is 9.91. The highest BCUT2D eigenvalue weighted by molar-refractivity contribution is 5.86. The van der Waals surface area contributed by atoms with E-state index in [0.717, 1.165) is 22.0 Å². The number of para-hydroxylation sites is 1. The van der Waals surface area contributed by atoms with Crippen molar-refractivity contribution in [2.75, 3.05) is 0 Å². The molecule has 1 aromatic heterocycles. The number of fused-ring (bicyclic) bond motifs is 1. The molecule has 7 heteroatoms. The van der Waals surface area contributed by atoms with Crippen molar-refractivity contribution in [2.24, 2.45) is 0 Å². The Morgan fingerprint density at radius 3 is 2.52 bits per heavy atom. The van der Waals surface area contributed by atoms with Gasteiger partial charge in [0.1, 0.15) is 5.75 Å². The Labute approximate surface area is 179 Å². The Bertz CT molecular complexity index is 1200. The minimum atomic E-state index is -0.776. The summed E-state index contributed by atoms with van der Waals surface area (Å²) in [5, 5.41) is 6.38. The second-order valence-electron chi connectivity index (χ2n) is 7.11. The minimum absolute atomic E-state index is 0.0903. The third kappa shape index (κ3) is 5.08. The topological polar surface area (TPSA) is 85.2 Å². The third-order valence-corrected chi connectivity index (χ3v) is 4.75. The number of hydrogen-bond acceptors (Lipinski definition) is 4. The van der Waals surface area contributed by atoms with E-state index in [4.69, 9.17) is 4.74 Å². The number of hydrogen-bond donors (Lipinski definition) is 2. The fraction of sp³-hybridized carbons (Fsp3) is 0.125. The van der Waals surface area contributed by atoms with Crippen LogP contribution < -0.4 is 15.6 Å². The predicted molar refractivity (Wildman–Crippen MR) is 118 cm³/mol. The normalized spacial score (nSPS) is 11.6. The van der Waals surface area contributed by atoms with E-state index in [9.17, 15) is 9.59 Å². The molecule has 0 unspecified atom stereocenters. The number of amides is 2. The smallest absolute Gasteiger partial charge is 0.279 e. The molecule has 0 bridgehead atoms. The number of rotatable bonds is 6. The molecule has 1 atom stereocenters. The van der Waals surface area contributed by atoms with Crippen LogP contribution in [0.25, 0.3) is 16.5 Å².